The van der Waals surface area contributed by atoms with Gasteiger partial charge in [0.05, 0.1) is 11.6 Å². The normalized spacial score (nSPS) is 29.0. The number of nitrogens with zero attached hydrogens (tertiary/aromatic N) is 3. The Morgan fingerprint density at radius 3 is 2.65 bits per heavy atom. The fourth-order valence-electron chi connectivity index (χ4n) is 4.40. The van der Waals surface area contributed by atoms with E-state index < -0.39 is 0 Å². The third kappa shape index (κ3) is 2.80. The molecule has 1 saturated carbocycles. The topological polar surface area (TPSA) is 49.6 Å². The number of rotatable bonds is 4. The Labute approximate surface area is 138 Å². The highest BCUT2D eigenvalue weighted by Crippen LogP contribution is 2.34. The van der Waals surface area contributed by atoms with E-state index in [2.05, 4.69) is 15.0 Å². The Bertz CT molecular complexity index is 574. The molecule has 3 aliphatic heterocycles. The lowest BCUT2D eigenvalue weighted by atomic mass is 9.83. The quantitative estimate of drug-likeness (QED) is 0.856. The largest absolute Gasteiger partial charge is 0.361 e. The number of amides is 1. The summed E-state index contributed by atoms with van der Waals surface area (Å²) < 4.78 is 5.30. The molecule has 0 radical (unpaired) electrons. The van der Waals surface area contributed by atoms with Gasteiger partial charge in [-0.1, -0.05) is 11.6 Å². The number of fused-ring (bicyclic) bond motifs is 4. The smallest absolute Gasteiger partial charge is 0.227 e. The van der Waals surface area contributed by atoms with Crippen LogP contribution in [-0.4, -0.2) is 46.5 Å². The van der Waals surface area contributed by atoms with E-state index in [1.54, 1.807) is 0 Å². The molecular weight excluding hydrogens is 290 g/mol. The Balaban J connectivity index is 1.49. The minimum atomic E-state index is 0.189. The van der Waals surface area contributed by atoms with Gasteiger partial charge in [-0.3, -0.25) is 9.69 Å². The Morgan fingerprint density at radius 2 is 2.00 bits per heavy atom. The van der Waals surface area contributed by atoms with E-state index in [-0.39, 0.29) is 5.92 Å². The van der Waals surface area contributed by atoms with Gasteiger partial charge in [-0.05, 0) is 45.4 Å². The van der Waals surface area contributed by atoms with Crippen molar-refractivity contribution in [1.82, 2.24) is 15.0 Å². The first-order chi connectivity index (χ1) is 11.1. The summed E-state index contributed by atoms with van der Waals surface area (Å²) in [6.07, 6.45) is 6.19. The van der Waals surface area contributed by atoms with Gasteiger partial charge in [0.1, 0.15) is 5.76 Å². The van der Waals surface area contributed by atoms with Gasteiger partial charge in [-0.25, -0.2) is 0 Å². The fraction of sp³-hybridized carbons (Fsp3) is 0.778. The van der Waals surface area contributed by atoms with Crippen LogP contribution in [0.5, 0.6) is 0 Å². The first-order valence-corrected chi connectivity index (χ1v) is 9.06. The van der Waals surface area contributed by atoms with Gasteiger partial charge in [0.2, 0.25) is 5.91 Å². The number of hydrogen-bond donors (Lipinski definition) is 0. The molecule has 23 heavy (non-hydrogen) atoms. The standard InChI is InChI=1S/C18H27N3O2/c1-12-17(13(2)23-19-12)11-20-9-15-6-7-16(10-20)21(18(15)22)8-14-4-3-5-14/h14-16H,3-11H2,1-2H3/t15-,16+/m0/s1. The zero-order valence-electron chi connectivity index (χ0n) is 14.3. The molecule has 2 bridgehead atoms. The molecule has 0 N–H and O–H groups in total. The van der Waals surface area contributed by atoms with Crippen molar-refractivity contribution in [3.05, 3.63) is 17.0 Å². The highest BCUT2D eigenvalue weighted by Gasteiger charge is 2.41. The second-order valence-electron chi connectivity index (χ2n) is 7.71. The van der Waals surface area contributed by atoms with Gasteiger partial charge in [0.25, 0.3) is 0 Å². The third-order valence-corrected chi connectivity index (χ3v) is 6.11. The maximum atomic E-state index is 12.8. The molecule has 0 spiro atoms. The van der Waals surface area contributed by atoms with E-state index in [4.69, 9.17) is 4.52 Å². The van der Waals surface area contributed by atoms with Crippen molar-refractivity contribution in [2.24, 2.45) is 11.8 Å². The van der Waals surface area contributed by atoms with Crippen LogP contribution in [0.4, 0.5) is 0 Å². The second kappa shape index (κ2) is 5.93. The van der Waals surface area contributed by atoms with E-state index >= 15 is 0 Å². The van der Waals surface area contributed by atoms with Gasteiger partial charge in [-0.15, -0.1) is 0 Å². The summed E-state index contributed by atoms with van der Waals surface area (Å²) in [5.74, 6) is 2.27. The average Bonchev–Trinajstić information content (AvgIpc) is 2.67. The molecular formula is C18H27N3O2. The number of carbonyl (C=O) groups is 1. The van der Waals surface area contributed by atoms with E-state index in [9.17, 15) is 4.79 Å². The molecule has 2 atom stereocenters. The number of aryl methyl sites for hydroxylation is 2. The lowest BCUT2D eigenvalue weighted by Gasteiger charge is -2.40. The first kappa shape index (κ1) is 15.2. The lowest BCUT2D eigenvalue weighted by molar-refractivity contribution is -0.141. The van der Waals surface area contributed by atoms with Crippen molar-refractivity contribution in [1.29, 1.82) is 0 Å². The molecule has 126 valence electrons. The van der Waals surface area contributed by atoms with E-state index in [0.717, 1.165) is 50.0 Å². The monoisotopic (exact) mass is 317 g/mol. The Morgan fingerprint density at radius 1 is 1.17 bits per heavy atom. The maximum Gasteiger partial charge on any atom is 0.227 e. The summed E-state index contributed by atoms with van der Waals surface area (Å²) in [5, 5.41) is 4.07. The molecule has 4 aliphatic rings. The van der Waals surface area contributed by atoms with Gasteiger partial charge >= 0.3 is 0 Å². The van der Waals surface area contributed by atoms with Crippen molar-refractivity contribution in [2.45, 2.75) is 58.5 Å². The minimum Gasteiger partial charge on any atom is -0.361 e. The zero-order valence-corrected chi connectivity index (χ0v) is 14.3. The van der Waals surface area contributed by atoms with Gasteiger partial charge in [-0.2, -0.15) is 0 Å². The van der Waals surface area contributed by atoms with Crippen LogP contribution in [0.1, 0.15) is 49.1 Å². The van der Waals surface area contributed by atoms with Gasteiger partial charge in [0, 0.05) is 37.8 Å². The van der Waals surface area contributed by atoms with Crippen molar-refractivity contribution >= 4 is 5.91 Å². The molecule has 1 aromatic heterocycles. The molecule has 0 unspecified atom stereocenters. The molecule has 3 saturated heterocycles. The molecule has 1 amide bonds. The highest BCUT2D eigenvalue weighted by molar-refractivity contribution is 5.80. The number of aromatic nitrogens is 1. The summed E-state index contributed by atoms with van der Waals surface area (Å²) in [6, 6.07) is 0.405. The molecule has 5 heteroatoms. The van der Waals surface area contributed by atoms with Crippen LogP contribution < -0.4 is 0 Å². The third-order valence-electron chi connectivity index (χ3n) is 6.11. The lowest BCUT2D eigenvalue weighted by Crippen LogP contribution is -2.50. The van der Waals surface area contributed by atoms with Crippen LogP contribution in [-0.2, 0) is 11.3 Å². The van der Waals surface area contributed by atoms with Crippen LogP contribution in [0.25, 0.3) is 0 Å². The van der Waals surface area contributed by atoms with Gasteiger partial charge in [0.15, 0.2) is 0 Å². The van der Waals surface area contributed by atoms with Crippen molar-refractivity contribution in [3.8, 4) is 0 Å². The van der Waals surface area contributed by atoms with E-state index in [1.165, 1.54) is 31.2 Å². The average molecular weight is 317 g/mol. The van der Waals surface area contributed by atoms with Gasteiger partial charge < -0.3 is 9.42 Å². The summed E-state index contributed by atoms with van der Waals surface area (Å²) in [7, 11) is 0. The fourth-order valence-corrected chi connectivity index (χ4v) is 4.40. The van der Waals surface area contributed by atoms with Crippen LogP contribution >= 0.6 is 0 Å². The molecule has 5 nitrogen and oxygen atoms in total. The maximum absolute atomic E-state index is 12.8. The molecule has 1 aromatic rings. The zero-order chi connectivity index (χ0) is 16.0. The Kier molecular flexibility index (Phi) is 3.92. The summed E-state index contributed by atoms with van der Waals surface area (Å²) in [4.78, 5) is 17.5. The summed E-state index contributed by atoms with van der Waals surface area (Å²) in [6.45, 7) is 7.74. The number of piperidine rings is 1. The molecule has 1 aliphatic carbocycles. The van der Waals surface area contributed by atoms with Crippen LogP contribution in [0.3, 0.4) is 0 Å². The van der Waals surface area contributed by atoms with Crippen molar-refractivity contribution in [2.75, 3.05) is 19.6 Å². The highest BCUT2D eigenvalue weighted by atomic mass is 16.5. The van der Waals surface area contributed by atoms with Crippen LogP contribution in [0.2, 0.25) is 0 Å². The SMILES string of the molecule is Cc1noc(C)c1CN1C[C@@H]2CC[C@H](C1)N(CC1CCC1)C2=O. The van der Waals surface area contributed by atoms with E-state index in [0.29, 0.717) is 11.9 Å². The molecule has 0 aromatic carbocycles. The summed E-state index contributed by atoms with van der Waals surface area (Å²) in [5.41, 5.74) is 2.18. The molecule has 4 fully saturated rings. The van der Waals surface area contributed by atoms with Crippen LogP contribution in [0, 0.1) is 25.7 Å². The van der Waals surface area contributed by atoms with Crippen LogP contribution in [0.15, 0.2) is 4.52 Å². The second-order valence-corrected chi connectivity index (χ2v) is 7.71. The Hall–Kier alpha value is -1.36. The van der Waals surface area contributed by atoms with Crippen molar-refractivity contribution < 1.29 is 9.32 Å². The number of carbonyl (C=O) groups excluding carboxylic acids is 1. The van der Waals surface area contributed by atoms with E-state index in [1.807, 2.05) is 13.8 Å². The predicted molar refractivity (Wildman–Crippen MR) is 86.8 cm³/mol. The molecule has 4 heterocycles. The first-order valence-electron chi connectivity index (χ1n) is 9.06. The minimum absolute atomic E-state index is 0.189. The van der Waals surface area contributed by atoms with Crippen molar-refractivity contribution in [3.63, 3.8) is 0 Å². The number of hydrogen-bond acceptors (Lipinski definition) is 4. The predicted octanol–water partition coefficient (Wildman–Crippen LogP) is 2.51. The summed E-state index contributed by atoms with van der Waals surface area (Å²) >= 11 is 0. The molecule has 5 rings (SSSR count).